The molecule has 0 saturated carbocycles. The molecular weight excluding hydrogens is 100 g/mol. The molecule has 0 aromatic heterocycles. The molecule has 1 unspecified atom stereocenters. The van der Waals surface area contributed by atoms with Crippen LogP contribution in [-0.2, 0) is 0 Å². The van der Waals surface area contributed by atoms with Crippen molar-refractivity contribution in [2.24, 2.45) is 0 Å². The minimum absolute atomic E-state index is 0.352. The van der Waals surface area contributed by atoms with Gasteiger partial charge in [-0.3, -0.25) is 5.32 Å². The standard InChI is InChI=1S/C6H10N2/c1-6-7-4-2-3-5-8-6/h6-8H,2,4H2,1H3. The summed E-state index contributed by atoms with van der Waals surface area (Å²) in [7, 11) is 0. The largest absolute Gasteiger partial charge is 0.330 e. The van der Waals surface area contributed by atoms with Gasteiger partial charge in [0.1, 0.15) is 0 Å². The fourth-order valence-electron chi connectivity index (χ4n) is 0.624. The second-order valence-electron chi connectivity index (χ2n) is 1.87. The fraction of sp³-hybridized carbons (Fsp3) is 0.667. The Morgan fingerprint density at radius 2 is 2.50 bits per heavy atom. The minimum atomic E-state index is 0.352. The molecule has 1 aliphatic rings. The summed E-state index contributed by atoms with van der Waals surface area (Å²) in [6.45, 7) is 3.06. The van der Waals surface area contributed by atoms with E-state index < -0.39 is 0 Å². The molecule has 2 nitrogen and oxygen atoms in total. The van der Waals surface area contributed by atoms with Gasteiger partial charge in [0.05, 0.1) is 6.17 Å². The summed E-state index contributed by atoms with van der Waals surface area (Å²) in [5, 5.41) is 6.18. The Labute approximate surface area is 49.7 Å². The van der Waals surface area contributed by atoms with Crippen LogP contribution in [0.25, 0.3) is 0 Å². The summed E-state index contributed by atoms with van der Waals surface area (Å²) in [4.78, 5) is 0. The number of nitrogens with one attached hydrogen (secondary N) is 2. The van der Waals surface area contributed by atoms with Gasteiger partial charge in [-0.1, -0.05) is 5.92 Å². The molecule has 0 aromatic carbocycles. The Bertz CT molecular complexity index is 120. The van der Waals surface area contributed by atoms with Crippen LogP contribution >= 0.6 is 0 Å². The molecule has 1 aliphatic heterocycles. The summed E-state index contributed by atoms with van der Waals surface area (Å²) in [6, 6.07) is 2.83. The van der Waals surface area contributed by atoms with E-state index in [4.69, 9.17) is 0 Å². The van der Waals surface area contributed by atoms with Crippen molar-refractivity contribution in [3.05, 3.63) is 0 Å². The smallest absolute Gasteiger partial charge is 0.0814 e. The normalized spacial score (nSPS) is 26.9. The maximum atomic E-state index is 3.21. The maximum Gasteiger partial charge on any atom is 0.0814 e. The fourth-order valence-corrected chi connectivity index (χ4v) is 0.624. The van der Waals surface area contributed by atoms with Gasteiger partial charge in [-0.15, -0.1) is 0 Å². The van der Waals surface area contributed by atoms with Crippen LogP contribution in [0.5, 0.6) is 0 Å². The lowest BCUT2D eigenvalue weighted by molar-refractivity contribution is 0.531. The summed E-state index contributed by atoms with van der Waals surface area (Å²) in [5.74, 6) is 2.95. The summed E-state index contributed by atoms with van der Waals surface area (Å²) < 4.78 is 0. The second-order valence-corrected chi connectivity index (χ2v) is 1.87. The van der Waals surface area contributed by atoms with Gasteiger partial charge in [-0.2, -0.15) is 0 Å². The first-order chi connectivity index (χ1) is 3.89. The molecule has 1 heterocycles. The lowest BCUT2D eigenvalue weighted by atomic mass is 10.4. The zero-order valence-electron chi connectivity index (χ0n) is 4.99. The molecule has 8 heavy (non-hydrogen) atoms. The Morgan fingerprint density at radius 1 is 1.62 bits per heavy atom. The van der Waals surface area contributed by atoms with Crippen LogP contribution in [0.1, 0.15) is 13.3 Å². The first kappa shape index (κ1) is 5.46. The molecule has 0 amide bonds. The van der Waals surface area contributed by atoms with E-state index in [9.17, 15) is 0 Å². The SMILES string of the molecule is CC1NC#CCCN1. The van der Waals surface area contributed by atoms with Crippen LogP contribution in [0.4, 0.5) is 0 Å². The van der Waals surface area contributed by atoms with Gasteiger partial charge in [0.2, 0.25) is 0 Å². The predicted molar refractivity (Wildman–Crippen MR) is 33.0 cm³/mol. The second kappa shape index (κ2) is 2.58. The molecule has 0 radical (unpaired) electrons. The zero-order valence-corrected chi connectivity index (χ0v) is 4.99. The summed E-state index contributed by atoms with van der Waals surface area (Å²) in [6.07, 6.45) is 1.31. The number of rotatable bonds is 0. The van der Waals surface area contributed by atoms with Gasteiger partial charge < -0.3 is 5.32 Å². The molecule has 0 fully saturated rings. The van der Waals surface area contributed by atoms with E-state index in [0.29, 0.717) is 6.17 Å². The number of hydrogen-bond acceptors (Lipinski definition) is 2. The highest BCUT2D eigenvalue weighted by Gasteiger charge is 1.96. The van der Waals surface area contributed by atoms with Crippen LogP contribution in [0.2, 0.25) is 0 Å². The average Bonchev–Trinajstić information content (AvgIpc) is 1.94. The Morgan fingerprint density at radius 3 is 3.38 bits per heavy atom. The van der Waals surface area contributed by atoms with E-state index in [1.807, 2.05) is 0 Å². The van der Waals surface area contributed by atoms with E-state index in [0.717, 1.165) is 13.0 Å². The first-order valence-corrected chi connectivity index (χ1v) is 2.86. The predicted octanol–water partition coefficient (Wildman–Crippen LogP) is -0.124. The van der Waals surface area contributed by atoms with Crippen LogP contribution in [0.3, 0.4) is 0 Å². The topological polar surface area (TPSA) is 24.1 Å². The third-order valence-corrected chi connectivity index (χ3v) is 1.08. The molecule has 0 spiro atoms. The molecule has 2 heteroatoms. The molecule has 1 rings (SSSR count). The lowest BCUT2D eigenvalue weighted by Gasteiger charge is -2.07. The average molecular weight is 110 g/mol. The first-order valence-electron chi connectivity index (χ1n) is 2.86. The highest BCUT2D eigenvalue weighted by molar-refractivity contribution is 5.00. The molecule has 1 atom stereocenters. The van der Waals surface area contributed by atoms with Gasteiger partial charge in [-0.05, 0) is 6.92 Å². The molecule has 2 N–H and O–H groups in total. The number of hydrogen-bond donors (Lipinski definition) is 2. The van der Waals surface area contributed by atoms with Gasteiger partial charge >= 0.3 is 0 Å². The summed E-state index contributed by atoms with van der Waals surface area (Å²) >= 11 is 0. The Kier molecular flexibility index (Phi) is 1.76. The van der Waals surface area contributed by atoms with Crippen molar-refractivity contribution >= 4 is 0 Å². The molecule has 0 aromatic rings. The molecule has 0 bridgehead atoms. The van der Waals surface area contributed by atoms with Crippen LogP contribution in [0, 0.1) is 12.0 Å². The molecule has 0 aliphatic carbocycles. The highest BCUT2D eigenvalue weighted by Crippen LogP contribution is 1.79. The molecule has 0 saturated heterocycles. The van der Waals surface area contributed by atoms with Crippen molar-refractivity contribution in [2.45, 2.75) is 19.5 Å². The van der Waals surface area contributed by atoms with Crippen LogP contribution in [-0.4, -0.2) is 12.7 Å². The van der Waals surface area contributed by atoms with Crippen molar-refractivity contribution in [1.29, 1.82) is 0 Å². The van der Waals surface area contributed by atoms with Gasteiger partial charge in [-0.25, -0.2) is 0 Å². The van der Waals surface area contributed by atoms with Crippen LogP contribution < -0.4 is 10.6 Å². The van der Waals surface area contributed by atoms with Crippen LogP contribution in [0.15, 0.2) is 0 Å². The zero-order chi connectivity index (χ0) is 5.82. The Balaban J connectivity index is 2.35. The highest BCUT2D eigenvalue weighted by atomic mass is 15.1. The quantitative estimate of drug-likeness (QED) is 0.425. The minimum Gasteiger partial charge on any atom is -0.330 e. The van der Waals surface area contributed by atoms with Crippen molar-refractivity contribution in [2.75, 3.05) is 6.54 Å². The Hall–Kier alpha value is -0.680. The molecular formula is C6H10N2. The van der Waals surface area contributed by atoms with E-state index in [2.05, 4.69) is 29.5 Å². The van der Waals surface area contributed by atoms with Crippen molar-refractivity contribution < 1.29 is 0 Å². The van der Waals surface area contributed by atoms with E-state index in [1.165, 1.54) is 0 Å². The van der Waals surface area contributed by atoms with E-state index >= 15 is 0 Å². The monoisotopic (exact) mass is 110 g/mol. The van der Waals surface area contributed by atoms with Gasteiger partial charge in [0.25, 0.3) is 0 Å². The third-order valence-electron chi connectivity index (χ3n) is 1.08. The van der Waals surface area contributed by atoms with E-state index in [-0.39, 0.29) is 0 Å². The summed E-state index contributed by atoms with van der Waals surface area (Å²) in [5.41, 5.74) is 0. The van der Waals surface area contributed by atoms with Gasteiger partial charge in [0, 0.05) is 19.0 Å². The lowest BCUT2D eigenvalue weighted by Crippen LogP contribution is -2.35. The third kappa shape index (κ3) is 1.43. The maximum absolute atomic E-state index is 3.21. The van der Waals surface area contributed by atoms with Gasteiger partial charge in [0.15, 0.2) is 0 Å². The van der Waals surface area contributed by atoms with Crippen molar-refractivity contribution in [1.82, 2.24) is 10.6 Å². The van der Waals surface area contributed by atoms with Crippen molar-refractivity contribution in [3.63, 3.8) is 0 Å². The van der Waals surface area contributed by atoms with E-state index in [1.54, 1.807) is 0 Å². The molecule has 44 valence electrons. The van der Waals surface area contributed by atoms with Crippen molar-refractivity contribution in [3.8, 4) is 12.0 Å².